The second-order valence-electron chi connectivity index (χ2n) is 11.2. The molecule has 214 valence electrons. The Morgan fingerprint density at radius 2 is 1.65 bits per heavy atom. The molecule has 0 unspecified atom stereocenters. The zero-order valence-electron chi connectivity index (χ0n) is 23.8. The third-order valence-electron chi connectivity index (χ3n) is 8.35. The SMILES string of the molecule is CCCN1CCCCCCCN(C(=O)CCn2nnc3ccccc32)[C@@H]2CCCC[C@@H]2Oc2ccccc2C1=O. The summed E-state index contributed by atoms with van der Waals surface area (Å²) in [6.07, 6.45) is 10.4. The third-order valence-corrected chi connectivity index (χ3v) is 8.35. The molecule has 1 fully saturated rings. The molecule has 0 bridgehead atoms. The van der Waals surface area contributed by atoms with Crippen molar-refractivity contribution >= 4 is 22.8 Å². The van der Waals surface area contributed by atoms with Crippen LogP contribution in [0.25, 0.3) is 11.0 Å². The van der Waals surface area contributed by atoms with E-state index in [0.717, 1.165) is 94.9 Å². The van der Waals surface area contributed by atoms with Crippen LogP contribution in [0.15, 0.2) is 48.5 Å². The zero-order valence-corrected chi connectivity index (χ0v) is 23.8. The van der Waals surface area contributed by atoms with Gasteiger partial charge in [0.1, 0.15) is 17.4 Å². The van der Waals surface area contributed by atoms with Gasteiger partial charge in [0.25, 0.3) is 5.91 Å². The number of nitrogens with zero attached hydrogens (tertiary/aromatic N) is 5. The van der Waals surface area contributed by atoms with Gasteiger partial charge in [-0.15, -0.1) is 5.10 Å². The molecule has 0 saturated heterocycles. The maximum atomic E-state index is 13.8. The van der Waals surface area contributed by atoms with E-state index < -0.39 is 0 Å². The van der Waals surface area contributed by atoms with Gasteiger partial charge in [-0.25, -0.2) is 4.68 Å². The lowest BCUT2D eigenvalue weighted by molar-refractivity contribution is -0.137. The number of hydrogen-bond acceptors (Lipinski definition) is 5. The summed E-state index contributed by atoms with van der Waals surface area (Å²) in [7, 11) is 0. The molecule has 2 aliphatic rings. The first kappa shape index (κ1) is 28.1. The Balaban J connectivity index is 1.38. The molecule has 2 aromatic carbocycles. The van der Waals surface area contributed by atoms with Crippen LogP contribution in [0.3, 0.4) is 0 Å². The summed E-state index contributed by atoms with van der Waals surface area (Å²) < 4.78 is 8.53. The largest absolute Gasteiger partial charge is 0.487 e. The van der Waals surface area contributed by atoms with E-state index in [1.54, 1.807) is 0 Å². The molecule has 0 N–H and O–H groups in total. The topological polar surface area (TPSA) is 80.6 Å². The molecule has 8 nitrogen and oxygen atoms in total. The molecule has 2 heterocycles. The molecular weight excluding hydrogens is 502 g/mol. The number of aromatic nitrogens is 3. The second kappa shape index (κ2) is 13.8. The molecule has 2 amide bonds. The maximum Gasteiger partial charge on any atom is 0.257 e. The Morgan fingerprint density at radius 3 is 2.52 bits per heavy atom. The van der Waals surface area contributed by atoms with Crippen molar-refractivity contribution < 1.29 is 14.3 Å². The van der Waals surface area contributed by atoms with E-state index in [1.807, 2.05) is 58.1 Å². The number of carbonyl (C=O) groups is 2. The lowest BCUT2D eigenvalue weighted by Gasteiger charge is -2.40. The molecule has 1 aliphatic heterocycles. The normalized spacial score (nSPS) is 21.2. The third kappa shape index (κ3) is 6.65. The molecule has 1 aliphatic carbocycles. The number of carbonyl (C=O) groups excluding carboxylic acids is 2. The second-order valence-corrected chi connectivity index (χ2v) is 11.2. The Morgan fingerprint density at radius 1 is 0.900 bits per heavy atom. The first-order valence-corrected chi connectivity index (χ1v) is 15.3. The van der Waals surface area contributed by atoms with Crippen LogP contribution >= 0.6 is 0 Å². The van der Waals surface area contributed by atoms with Crippen LogP contribution in [0.4, 0.5) is 0 Å². The van der Waals surface area contributed by atoms with E-state index in [0.29, 0.717) is 24.3 Å². The van der Waals surface area contributed by atoms with Crippen molar-refractivity contribution in [2.75, 3.05) is 19.6 Å². The standard InChI is InChI=1S/C32H43N5O3/c1-2-21-35-22-12-4-3-5-13-23-36(31(38)20-24-37-27-16-8-7-15-26(27)33-34-37)28-17-9-11-19-30(28)40-29-18-10-6-14-25(29)32(35)39/h6-8,10,14-16,18,28,30H,2-5,9,11-13,17,19-24H2,1H3/t28-,30+/m1/s1. The number of aryl methyl sites for hydroxylation is 1. The highest BCUT2D eigenvalue weighted by atomic mass is 16.5. The monoisotopic (exact) mass is 545 g/mol. The van der Waals surface area contributed by atoms with Crippen molar-refractivity contribution in [1.82, 2.24) is 24.8 Å². The van der Waals surface area contributed by atoms with Gasteiger partial charge in [0.2, 0.25) is 5.91 Å². The number of hydrogen-bond donors (Lipinski definition) is 0. The summed E-state index contributed by atoms with van der Waals surface area (Å²) in [5.41, 5.74) is 2.42. The van der Waals surface area contributed by atoms with E-state index in [9.17, 15) is 9.59 Å². The number of fused-ring (bicyclic) bond motifs is 3. The molecule has 1 aromatic heterocycles. The van der Waals surface area contributed by atoms with Gasteiger partial charge in [0.15, 0.2) is 0 Å². The highest BCUT2D eigenvalue weighted by molar-refractivity contribution is 5.97. The molecule has 0 spiro atoms. The minimum Gasteiger partial charge on any atom is -0.487 e. The Kier molecular flexibility index (Phi) is 9.68. The van der Waals surface area contributed by atoms with E-state index in [4.69, 9.17) is 4.74 Å². The summed E-state index contributed by atoms with van der Waals surface area (Å²) in [5, 5.41) is 8.54. The maximum absolute atomic E-state index is 13.8. The summed E-state index contributed by atoms with van der Waals surface area (Å²) in [4.78, 5) is 31.6. The summed E-state index contributed by atoms with van der Waals surface area (Å²) in [5.74, 6) is 0.831. The van der Waals surface area contributed by atoms with Crippen LogP contribution < -0.4 is 4.74 Å². The summed E-state index contributed by atoms with van der Waals surface area (Å²) in [6, 6.07) is 15.5. The fourth-order valence-electron chi connectivity index (χ4n) is 6.25. The van der Waals surface area contributed by atoms with E-state index in [-0.39, 0.29) is 24.0 Å². The van der Waals surface area contributed by atoms with Gasteiger partial charge in [-0.1, -0.05) is 62.1 Å². The number of rotatable bonds is 5. The predicted molar refractivity (Wildman–Crippen MR) is 156 cm³/mol. The number of para-hydroxylation sites is 2. The molecule has 40 heavy (non-hydrogen) atoms. The number of ether oxygens (including phenoxy) is 1. The van der Waals surface area contributed by atoms with Gasteiger partial charge < -0.3 is 14.5 Å². The molecular formula is C32H43N5O3. The summed E-state index contributed by atoms with van der Waals surface area (Å²) in [6.45, 7) is 4.88. The lowest BCUT2D eigenvalue weighted by Crippen LogP contribution is -2.51. The first-order chi connectivity index (χ1) is 19.7. The van der Waals surface area contributed by atoms with Crippen LogP contribution in [0.1, 0.15) is 87.9 Å². The number of benzene rings is 2. The minimum atomic E-state index is -0.136. The number of amides is 2. The molecule has 8 heteroatoms. The predicted octanol–water partition coefficient (Wildman–Crippen LogP) is 5.86. The Hall–Kier alpha value is -3.42. The van der Waals surface area contributed by atoms with E-state index in [2.05, 4.69) is 22.1 Å². The quantitative estimate of drug-likeness (QED) is 0.401. The van der Waals surface area contributed by atoms with Gasteiger partial charge in [-0.3, -0.25) is 9.59 Å². The van der Waals surface area contributed by atoms with Crippen LogP contribution in [0, 0.1) is 0 Å². The van der Waals surface area contributed by atoms with Crippen LogP contribution in [0.2, 0.25) is 0 Å². The molecule has 5 rings (SSSR count). The summed E-state index contributed by atoms with van der Waals surface area (Å²) >= 11 is 0. The van der Waals surface area contributed by atoms with Gasteiger partial charge in [0, 0.05) is 26.1 Å². The Labute approximate surface area is 237 Å². The highest BCUT2D eigenvalue weighted by Crippen LogP contribution is 2.31. The fourth-order valence-corrected chi connectivity index (χ4v) is 6.25. The molecule has 3 aromatic rings. The molecule has 1 saturated carbocycles. The fraction of sp³-hybridized carbons (Fsp3) is 0.562. The van der Waals surface area contributed by atoms with E-state index >= 15 is 0 Å². The van der Waals surface area contributed by atoms with Crippen LogP contribution in [-0.4, -0.2) is 68.4 Å². The first-order valence-electron chi connectivity index (χ1n) is 15.3. The van der Waals surface area contributed by atoms with Gasteiger partial charge in [0.05, 0.1) is 23.7 Å². The van der Waals surface area contributed by atoms with Crippen molar-refractivity contribution in [2.24, 2.45) is 0 Å². The van der Waals surface area contributed by atoms with Crippen LogP contribution in [-0.2, 0) is 11.3 Å². The highest BCUT2D eigenvalue weighted by Gasteiger charge is 2.35. The van der Waals surface area contributed by atoms with E-state index in [1.165, 1.54) is 0 Å². The van der Waals surface area contributed by atoms with Crippen molar-refractivity contribution in [2.45, 2.75) is 96.2 Å². The molecule has 0 radical (unpaired) electrons. The molecule has 2 atom stereocenters. The van der Waals surface area contributed by atoms with Gasteiger partial charge in [-0.05, 0) is 62.8 Å². The van der Waals surface area contributed by atoms with Crippen LogP contribution in [0.5, 0.6) is 5.75 Å². The average Bonchev–Trinajstić information content (AvgIpc) is 3.40. The lowest BCUT2D eigenvalue weighted by atomic mass is 9.90. The van der Waals surface area contributed by atoms with Crippen molar-refractivity contribution in [3.05, 3.63) is 54.1 Å². The van der Waals surface area contributed by atoms with Crippen molar-refractivity contribution in [3.8, 4) is 5.75 Å². The smallest absolute Gasteiger partial charge is 0.257 e. The zero-order chi connectivity index (χ0) is 27.7. The minimum absolute atomic E-state index is 0.00577. The van der Waals surface area contributed by atoms with Gasteiger partial charge >= 0.3 is 0 Å². The average molecular weight is 546 g/mol. The van der Waals surface area contributed by atoms with Gasteiger partial charge in [-0.2, -0.15) is 0 Å². The van der Waals surface area contributed by atoms with Crippen molar-refractivity contribution in [1.29, 1.82) is 0 Å². The Bertz CT molecular complexity index is 1270. The van der Waals surface area contributed by atoms with Crippen molar-refractivity contribution in [3.63, 3.8) is 0 Å².